The number of rotatable bonds is 4. The van der Waals surface area contributed by atoms with E-state index >= 15 is 0 Å². The molecular formula is C15H20BrN3. The quantitative estimate of drug-likeness (QED) is 0.803. The van der Waals surface area contributed by atoms with Crippen molar-refractivity contribution >= 4 is 21.7 Å². The van der Waals surface area contributed by atoms with Gasteiger partial charge < -0.3 is 4.90 Å². The average Bonchev–Trinajstić information content (AvgIpc) is 2.63. The molecule has 0 spiro atoms. The fourth-order valence-corrected chi connectivity index (χ4v) is 3.14. The highest BCUT2D eigenvalue weighted by molar-refractivity contribution is 9.08. The van der Waals surface area contributed by atoms with Crippen molar-refractivity contribution < 1.29 is 0 Å². The summed E-state index contributed by atoms with van der Waals surface area (Å²) in [7, 11) is 4.12. The molecule has 0 bridgehead atoms. The molecule has 102 valence electrons. The number of anilines is 1. The fourth-order valence-electron chi connectivity index (χ4n) is 2.48. The van der Waals surface area contributed by atoms with Gasteiger partial charge in [0.15, 0.2) is 0 Å². The van der Waals surface area contributed by atoms with Gasteiger partial charge in [-0.25, -0.2) is 0 Å². The summed E-state index contributed by atoms with van der Waals surface area (Å²) in [6.45, 7) is 5.07. The van der Waals surface area contributed by atoms with Crippen molar-refractivity contribution in [1.29, 1.82) is 0 Å². The van der Waals surface area contributed by atoms with E-state index in [4.69, 9.17) is 0 Å². The van der Waals surface area contributed by atoms with E-state index in [1.54, 1.807) is 0 Å². The predicted octanol–water partition coefficient (Wildman–Crippen LogP) is 3.57. The molecule has 0 N–H and O–H groups in total. The van der Waals surface area contributed by atoms with Crippen LogP contribution in [-0.2, 0) is 18.9 Å². The predicted molar refractivity (Wildman–Crippen MR) is 83.9 cm³/mol. The van der Waals surface area contributed by atoms with Crippen LogP contribution in [0.1, 0.15) is 22.4 Å². The molecule has 4 heteroatoms. The third-order valence-corrected chi connectivity index (χ3v) is 3.87. The molecule has 1 aromatic heterocycles. The van der Waals surface area contributed by atoms with Crippen LogP contribution in [0.15, 0.2) is 24.3 Å². The van der Waals surface area contributed by atoms with E-state index in [2.05, 4.69) is 71.1 Å². The number of benzene rings is 1. The third-order valence-electron chi connectivity index (χ3n) is 3.31. The van der Waals surface area contributed by atoms with E-state index in [9.17, 15) is 0 Å². The molecule has 0 atom stereocenters. The smallest absolute Gasteiger partial charge is 0.130 e. The maximum atomic E-state index is 4.51. The van der Waals surface area contributed by atoms with Crippen LogP contribution >= 0.6 is 15.9 Å². The maximum Gasteiger partial charge on any atom is 0.130 e. The van der Waals surface area contributed by atoms with Gasteiger partial charge in [-0.1, -0.05) is 45.8 Å². The van der Waals surface area contributed by atoms with Gasteiger partial charge in [0.05, 0.1) is 5.69 Å². The number of nitrogens with zero attached hydrogens (tertiary/aromatic N) is 3. The topological polar surface area (TPSA) is 21.1 Å². The number of alkyl halides is 1. The monoisotopic (exact) mass is 321 g/mol. The Balaban J connectivity index is 2.27. The lowest BCUT2D eigenvalue weighted by Crippen LogP contribution is -2.20. The molecule has 1 heterocycles. The molecule has 0 aliphatic rings. The van der Waals surface area contributed by atoms with Crippen molar-refractivity contribution in [3.8, 4) is 0 Å². The zero-order valence-corrected chi connectivity index (χ0v) is 13.5. The second kappa shape index (κ2) is 5.78. The first kappa shape index (κ1) is 14.1. The normalized spacial score (nSPS) is 10.8. The number of hydrogen-bond acceptors (Lipinski definition) is 2. The van der Waals surface area contributed by atoms with E-state index < -0.39 is 0 Å². The Kier molecular flexibility index (Phi) is 4.30. The summed E-state index contributed by atoms with van der Waals surface area (Å²) in [5.74, 6) is 1.18. The van der Waals surface area contributed by atoms with Crippen molar-refractivity contribution in [2.24, 2.45) is 7.05 Å². The van der Waals surface area contributed by atoms with Crippen LogP contribution in [-0.4, -0.2) is 16.8 Å². The van der Waals surface area contributed by atoms with E-state index in [1.165, 1.54) is 22.5 Å². The molecular weight excluding hydrogens is 302 g/mol. The maximum absolute atomic E-state index is 4.51. The number of halogens is 1. The second-order valence-corrected chi connectivity index (χ2v) is 5.55. The Bertz CT molecular complexity index is 575. The summed E-state index contributed by atoms with van der Waals surface area (Å²) in [5.41, 5.74) is 4.97. The van der Waals surface area contributed by atoms with E-state index in [-0.39, 0.29) is 0 Å². The highest BCUT2D eigenvalue weighted by atomic mass is 79.9. The van der Waals surface area contributed by atoms with Gasteiger partial charge in [-0.05, 0) is 19.4 Å². The minimum absolute atomic E-state index is 0.833. The van der Waals surface area contributed by atoms with Crippen LogP contribution in [0.4, 0.5) is 5.82 Å². The summed E-state index contributed by atoms with van der Waals surface area (Å²) >= 11 is 3.56. The first-order valence-electron chi connectivity index (χ1n) is 6.38. The molecule has 0 radical (unpaired) electrons. The van der Waals surface area contributed by atoms with Crippen LogP contribution < -0.4 is 4.90 Å². The Morgan fingerprint density at radius 3 is 2.68 bits per heavy atom. The molecule has 0 fully saturated rings. The summed E-state index contributed by atoms with van der Waals surface area (Å²) in [6.07, 6.45) is 0. The average molecular weight is 322 g/mol. The Morgan fingerprint density at radius 2 is 2.05 bits per heavy atom. The van der Waals surface area contributed by atoms with E-state index in [1.807, 2.05) is 11.7 Å². The standard InChI is InChI=1S/C15H20BrN3/c1-11-6-5-7-13(8-11)10-18(3)15-14(9-16)12(2)17-19(15)4/h5-8H,9-10H2,1-4H3. The van der Waals surface area contributed by atoms with Gasteiger partial charge in [-0.15, -0.1) is 0 Å². The summed E-state index contributed by atoms with van der Waals surface area (Å²) < 4.78 is 1.96. The lowest BCUT2D eigenvalue weighted by Gasteiger charge is -2.21. The highest BCUT2D eigenvalue weighted by Crippen LogP contribution is 2.25. The molecule has 2 rings (SSSR count). The largest absolute Gasteiger partial charge is 0.355 e. The van der Waals surface area contributed by atoms with Gasteiger partial charge in [0.2, 0.25) is 0 Å². The Hall–Kier alpha value is -1.29. The Morgan fingerprint density at radius 1 is 1.32 bits per heavy atom. The lowest BCUT2D eigenvalue weighted by molar-refractivity contribution is 0.726. The minimum Gasteiger partial charge on any atom is -0.355 e. The zero-order chi connectivity index (χ0) is 14.0. The molecule has 3 nitrogen and oxygen atoms in total. The van der Waals surface area contributed by atoms with Crippen molar-refractivity contribution in [1.82, 2.24) is 9.78 Å². The number of aromatic nitrogens is 2. The van der Waals surface area contributed by atoms with Gasteiger partial charge in [0, 0.05) is 31.5 Å². The molecule has 2 aromatic rings. The van der Waals surface area contributed by atoms with Crippen LogP contribution in [0.2, 0.25) is 0 Å². The molecule has 1 aromatic carbocycles. The third kappa shape index (κ3) is 3.00. The summed E-state index contributed by atoms with van der Waals surface area (Å²) in [4.78, 5) is 2.26. The molecule has 0 unspecified atom stereocenters. The fraction of sp³-hybridized carbons (Fsp3) is 0.400. The second-order valence-electron chi connectivity index (χ2n) is 4.99. The van der Waals surface area contributed by atoms with Crippen molar-refractivity contribution in [3.63, 3.8) is 0 Å². The van der Waals surface area contributed by atoms with Crippen LogP contribution in [0.3, 0.4) is 0 Å². The summed E-state index contributed by atoms with van der Waals surface area (Å²) in [5, 5.41) is 5.34. The zero-order valence-electron chi connectivity index (χ0n) is 11.9. The van der Waals surface area contributed by atoms with E-state index in [0.29, 0.717) is 0 Å². The van der Waals surface area contributed by atoms with Crippen molar-refractivity contribution in [3.05, 3.63) is 46.6 Å². The van der Waals surface area contributed by atoms with Gasteiger partial charge in [-0.3, -0.25) is 4.68 Å². The van der Waals surface area contributed by atoms with E-state index in [0.717, 1.165) is 17.6 Å². The minimum atomic E-state index is 0.833. The molecule has 0 saturated carbocycles. The number of aryl methyl sites for hydroxylation is 3. The molecule has 0 aliphatic carbocycles. The van der Waals surface area contributed by atoms with Crippen LogP contribution in [0, 0.1) is 13.8 Å². The molecule has 0 amide bonds. The van der Waals surface area contributed by atoms with Gasteiger partial charge in [0.25, 0.3) is 0 Å². The molecule has 0 saturated heterocycles. The first-order chi connectivity index (χ1) is 9.02. The van der Waals surface area contributed by atoms with Crippen LogP contribution in [0.5, 0.6) is 0 Å². The molecule has 19 heavy (non-hydrogen) atoms. The van der Waals surface area contributed by atoms with Gasteiger partial charge in [-0.2, -0.15) is 5.10 Å². The van der Waals surface area contributed by atoms with Gasteiger partial charge >= 0.3 is 0 Å². The van der Waals surface area contributed by atoms with Gasteiger partial charge in [0.1, 0.15) is 5.82 Å². The summed E-state index contributed by atoms with van der Waals surface area (Å²) in [6, 6.07) is 8.63. The lowest BCUT2D eigenvalue weighted by atomic mass is 10.1. The Labute approximate surface area is 123 Å². The molecule has 0 aliphatic heterocycles. The highest BCUT2D eigenvalue weighted by Gasteiger charge is 2.16. The van der Waals surface area contributed by atoms with Crippen molar-refractivity contribution in [2.75, 3.05) is 11.9 Å². The first-order valence-corrected chi connectivity index (χ1v) is 7.50. The van der Waals surface area contributed by atoms with Crippen molar-refractivity contribution in [2.45, 2.75) is 25.7 Å². The number of hydrogen-bond donors (Lipinski definition) is 0. The van der Waals surface area contributed by atoms with Crippen LogP contribution in [0.25, 0.3) is 0 Å². The SMILES string of the molecule is Cc1cccc(CN(C)c2c(CBr)c(C)nn2C)c1.